The molecule has 1 aliphatic rings. The van der Waals surface area contributed by atoms with Crippen LogP contribution in [0.2, 0.25) is 5.54 Å². The summed E-state index contributed by atoms with van der Waals surface area (Å²) in [4.78, 5) is 0. The molecule has 42 valence electrons. The van der Waals surface area contributed by atoms with Crippen LogP contribution in [-0.4, -0.2) is 16.3 Å². The van der Waals surface area contributed by atoms with Gasteiger partial charge in [-0.15, -0.1) is 0 Å². The first-order chi connectivity index (χ1) is 3.29. The van der Waals surface area contributed by atoms with Gasteiger partial charge in [-0.25, -0.2) is 0 Å². The molecule has 1 rings (SSSR count). The van der Waals surface area contributed by atoms with Crippen molar-refractivity contribution < 1.29 is 0 Å². The van der Waals surface area contributed by atoms with Gasteiger partial charge >= 0.3 is 0 Å². The first-order valence-electron chi connectivity index (χ1n) is 3.04. The minimum Gasteiger partial charge on any atom is -0.328 e. The van der Waals surface area contributed by atoms with Crippen molar-refractivity contribution in [1.29, 1.82) is 0 Å². The van der Waals surface area contributed by atoms with Gasteiger partial charge in [0.05, 0.1) is 0 Å². The molecule has 0 saturated heterocycles. The van der Waals surface area contributed by atoms with E-state index < -0.39 is 0 Å². The summed E-state index contributed by atoms with van der Waals surface area (Å²) >= 11 is 0. The van der Waals surface area contributed by atoms with E-state index in [2.05, 4.69) is 0 Å². The summed E-state index contributed by atoms with van der Waals surface area (Å²) in [6.07, 6.45) is 4.01. The van der Waals surface area contributed by atoms with Crippen LogP contribution in [0.4, 0.5) is 0 Å². The monoisotopic (exact) mass is 115 g/mol. The summed E-state index contributed by atoms with van der Waals surface area (Å²) < 4.78 is 0. The van der Waals surface area contributed by atoms with Crippen molar-refractivity contribution in [2.24, 2.45) is 5.73 Å². The van der Waals surface area contributed by atoms with Gasteiger partial charge in [0.2, 0.25) is 0 Å². The molecular formula is C5H13NSi. The van der Waals surface area contributed by atoms with Crippen LogP contribution < -0.4 is 5.73 Å². The molecule has 0 aromatic rings. The van der Waals surface area contributed by atoms with Gasteiger partial charge in [0.1, 0.15) is 0 Å². The van der Waals surface area contributed by atoms with Crippen LogP contribution >= 0.6 is 0 Å². The van der Waals surface area contributed by atoms with Crippen molar-refractivity contribution in [2.45, 2.75) is 30.8 Å². The Hall–Kier alpha value is 0.177. The van der Waals surface area contributed by atoms with Gasteiger partial charge in [0.15, 0.2) is 0 Å². The van der Waals surface area contributed by atoms with Crippen LogP contribution in [0.5, 0.6) is 0 Å². The van der Waals surface area contributed by atoms with Gasteiger partial charge < -0.3 is 5.73 Å². The Morgan fingerprint density at radius 2 is 2.14 bits per heavy atom. The second kappa shape index (κ2) is 1.97. The number of rotatable bonds is 0. The normalized spacial score (nSPS) is 42.4. The molecule has 1 fully saturated rings. The zero-order valence-corrected chi connectivity index (χ0v) is 6.85. The average molecular weight is 115 g/mol. The van der Waals surface area contributed by atoms with E-state index in [0.717, 1.165) is 5.54 Å². The highest BCUT2D eigenvalue weighted by Gasteiger charge is 2.16. The minimum atomic E-state index is 0.558. The Morgan fingerprint density at radius 3 is 2.29 bits per heavy atom. The largest absolute Gasteiger partial charge is 0.328 e. The summed E-state index contributed by atoms with van der Waals surface area (Å²) in [7, 11) is 1.36. The SMILES string of the molecule is N[C@@H]1CC[C@H]([SiH3])C1. The molecule has 0 aromatic carbocycles. The molecule has 2 heteroatoms. The maximum absolute atomic E-state index is 5.65. The van der Waals surface area contributed by atoms with Crippen LogP contribution in [0.1, 0.15) is 19.3 Å². The molecule has 0 aliphatic heterocycles. The summed E-state index contributed by atoms with van der Waals surface area (Å²) in [5.74, 6) is 0. The van der Waals surface area contributed by atoms with Crippen LogP contribution in [0.3, 0.4) is 0 Å². The molecule has 1 nitrogen and oxygen atoms in total. The summed E-state index contributed by atoms with van der Waals surface area (Å²) in [6.45, 7) is 0. The van der Waals surface area contributed by atoms with Crippen LogP contribution in [0, 0.1) is 0 Å². The fourth-order valence-electron chi connectivity index (χ4n) is 1.25. The zero-order valence-electron chi connectivity index (χ0n) is 4.85. The fraction of sp³-hybridized carbons (Fsp3) is 1.00. The second-order valence-electron chi connectivity index (χ2n) is 2.68. The van der Waals surface area contributed by atoms with Crippen LogP contribution in [-0.2, 0) is 0 Å². The maximum Gasteiger partial charge on any atom is 0.00680 e. The molecule has 0 heterocycles. The van der Waals surface area contributed by atoms with Gasteiger partial charge in [-0.3, -0.25) is 0 Å². The highest BCUT2D eigenvalue weighted by atomic mass is 28.1. The molecular weight excluding hydrogens is 102 g/mol. The molecule has 7 heavy (non-hydrogen) atoms. The first-order valence-corrected chi connectivity index (χ1v) is 4.20. The molecule has 1 saturated carbocycles. The smallest absolute Gasteiger partial charge is 0.00680 e. The van der Waals surface area contributed by atoms with E-state index in [1.807, 2.05) is 0 Å². The number of hydrogen-bond donors (Lipinski definition) is 1. The summed E-state index contributed by atoms with van der Waals surface area (Å²) in [5, 5.41) is 0. The van der Waals surface area contributed by atoms with E-state index in [-0.39, 0.29) is 0 Å². The van der Waals surface area contributed by atoms with E-state index in [0.29, 0.717) is 6.04 Å². The van der Waals surface area contributed by atoms with Gasteiger partial charge in [-0.2, -0.15) is 0 Å². The van der Waals surface area contributed by atoms with E-state index in [4.69, 9.17) is 5.73 Å². The lowest BCUT2D eigenvalue weighted by molar-refractivity contribution is 0.704. The van der Waals surface area contributed by atoms with Crippen molar-refractivity contribution in [1.82, 2.24) is 0 Å². The third-order valence-corrected chi connectivity index (χ3v) is 2.78. The third kappa shape index (κ3) is 1.28. The van der Waals surface area contributed by atoms with Crippen molar-refractivity contribution in [2.75, 3.05) is 0 Å². The second-order valence-corrected chi connectivity index (χ2v) is 4.31. The van der Waals surface area contributed by atoms with Crippen molar-refractivity contribution >= 4 is 10.2 Å². The predicted octanol–water partition coefficient (Wildman–Crippen LogP) is -0.349. The lowest BCUT2D eigenvalue weighted by atomic mass is 10.3. The number of nitrogens with two attached hydrogens (primary N) is 1. The van der Waals surface area contributed by atoms with Crippen molar-refractivity contribution in [3.63, 3.8) is 0 Å². The minimum absolute atomic E-state index is 0.558. The van der Waals surface area contributed by atoms with E-state index >= 15 is 0 Å². The molecule has 0 amide bonds. The lowest BCUT2D eigenvalue weighted by Crippen LogP contribution is -2.13. The zero-order chi connectivity index (χ0) is 5.28. The van der Waals surface area contributed by atoms with Gasteiger partial charge in [0.25, 0.3) is 0 Å². The quantitative estimate of drug-likeness (QED) is 0.429. The van der Waals surface area contributed by atoms with Gasteiger partial charge in [0, 0.05) is 16.3 Å². The Balaban J connectivity index is 2.26. The van der Waals surface area contributed by atoms with Crippen molar-refractivity contribution in [3.05, 3.63) is 0 Å². The molecule has 2 atom stereocenters. The molecule has 0 aromatic heterocycles. The Labute approximate surface area is 47.7 Å². The summed E-state index contributed by atoms with van der Waals surface area (Å²) in [5.41, 5.74) is 6.68. The Kier molecular flexibility index (Phi) is 1.49. The van der Waals surface area contributed by atoms with Crippen LogP contribution in [0.25, 0.3) is 0 Å². The molecule has 1 aliphatic carbocycles. The topological polar surface area (TPSA) is 26.0 Å². The third-order valence-electron chi connectivity index (χ3n) is 1.74. The van der Waals surface area contributed by atoms with Crippen molar-refractivity contribution in [3.8, 4) is 0 Å². The Bertz CT molecular complexity index is 57.1. The maximum atomic E-state index is 5.65. The average Bonchev–Trinajstić information content (AvgIpc) is 1.87. The fourth-order valence-corrected chi connectivity index (χ4v) is 2.19. The van der Waals surface area contributed by atoms with Crippen LogP contribution in [0.15, 0.2) is 0 Å². The predicted molar refractivity (Wildman–Crippen MR) is 35.5 cm³/mol. The number of hydrogen-bond acceptors (Lipinski definition) is 1. The Morgan fingerprint density at radius 1 is 1.43 bits per heavy atom. The highest BCUT2D eigenvalue weighted by molar-refractivity contribution is 6.11. The van der Waals surface area contributed by atoms with E-state index in [1.165, 1.54) is 29.5 Å². The van der Waals surface area contributed by atoms with Gasteiger partial charge in [-0.05, 0) is 12.8 Å². The standard InChI is InChI=1S/C5H13NSi/c6-4-1-2-5(7)3-4/h4-5H,1-3,6H2,7H3/t4-,5+/m1/s1. The highest BCUT2D eigenvalue weighted by Crippen LogP contribution is 2.25. The molecule has 0 radical (unpaired) electrons. The molecule has 2 N–H and O–H groups in total. The first kappa shape index (κ1) is 5.32. The van der Waals surface area contributed by atoms with Gasteiger partial charge in [-0.1, -0.05) is 12.0 Å². The van der Waals surface area contributed by atoms with E-state index in [9.17, 15) is 0 Å². The summed E-state index contributed by atoms with van der Waals surface area (Å²) in [6, 6.07) is 0.558. The molecule has 0 spiro atoms. The molecule has 0 bridgehead atoms. The lowest BCUT2D eigenvalue weighted by Gasteiger charge is -1.96. The van der Waals surface area contributed by atoms with E-state index in [1.54, 1.807) is 0 Å². The molecule has 0 unspecified atom stereocenters.